The number of aromatic nitrogens is 1. The number of aliphatic imine (C=N–C) groups is 1. The number of guanidine groups is 1. The van der Waals surface area contributed by atoms with Gasteiger partial charge >= 0.3 is 0 Å². The monoisotopic (exact) mass is 384 g/mol. The largest absolute Gasteiger partial charge is 0.497 e. The van der Waals surface area contributed by atoms with E-state index in [1.54, 1.807) is 21.3 Å². The van der Waals surface area contributed by atoms with Crippen molar-refractivity contribution in [3.63, 3.8) is 0 Å². The molecular formula is C22H32N4O2. The van der Waals surface area contributed by atoms with Crippen molar-refractivity contribution in [1.82, 2.24) is 15.6 Å². The molecule has 0 bridgehead atoms. The highest BCUT2D eigenvalue weighted by Crippen LogP contribution is 2.24. The highest BCUT2D eigenvalue weighted by molar-refractivity contribution is 5.79. The minimum absolute atomic E-state index is 0.446. The zero-order valence-corrected chi connectivity index (χ0v) is 17.8. The third-order valence-corrected chi connectivity index (χ3v) is 4.95. The highest BCUT2D eigenvalue weighted by Gasteiger charge is 2.10. The van der Waals surface area contributed by atoms with Crippen LogP contribution in [0.5, 0.6) is 11.5 Å². The second-order valence-corrected chi connectivity index (χ2v) is 6.86. The number of hydrogen-bond acceptors (Lipinski definition) is 4. The van der Waals surface area contributed by atoms with Gasteiger partial charge in [-0.05, 0) is 43.9 Å². The fraction of sp³-hybridized carbons (Fsp3) is 0.455. The second-order valence-electron chi connectivity index (χ2n) is 6.86. The van der Waals surface area contributed by atoms with Crippen LogP contribution in [0.4, 0.5) is 0 Å². The van der Waals surface area contributed by atoms with Crippen LogP contribution in [0.2, 0.25) is 0 Å². The molecule has 1 aromatic carbocycles. The summed E-state index contributed by atoms with van der Waals surface area (Å²) in [6, 6.07) is 8.25. The normalized spacial score (nSPS) is 12.4. The van der Waals surface area contributed by atoms with Crippen molar-refractivity contribution >= 4 is 5.96 Å². The second kappa shape index (κ2) is 10.5. The summed E-state index contributed by atoms with van der Waals surface area (Å²) < 4.78 is 10.7. The molecule has 0 amide bonds. The summed E-state index contributed by atoms with van der Waals surface area (Å²) in [6.45, 7) is 7.68. The maximum Gasteiger partial charge on any atom is 0.191 e. The Kier molecular flexibility index (Phi) is 8.11. The number of aryl methyl sites for hydroxylation is 1. The summed E-state index contributed by atoms with van der Waals surface area (Å²) in [5, 5.41) is 6.71. The van der Waals surface area contributed by atoms with Crippen LogP contribution in [-0.4, -0.2) is 38.8 Å². The molecule has 28 heavy (non-hydrogen) atoms. The van der Waals surface area contributed by atoms with Gasteiger partial charge in [0.25, 0.3) is 0 Å². The molecule has 0 saturated heterocycles. The number of nitrogens with one attached hydrogen (secondary N) is 2. The maximum absolute atomic E-state index is 5.48. The van der Waals surface area contributed by atoms with Gasteiger partial charge in [-0.25, -0.2) is 0 Å². The van der Waals surface area contributed by atoms with E-state index in [9.17, 15) is 0 Å². The van der Waals surface area contributed by atoms with Gasteiger partial charge in [0.2, 0.25) is 0 Å². The molecule has 1 aromatic heterocycles. The lowest BCUT2D eigenvalue weighted by molar-refractivity contribution is 0.406. The SMILES string of the molecule is CN=C(NCCC(C)c1ccc(OC)cc1)NCc1ncc(C)c(OC)c1C. The first-order valence-electron chi connectivity index (χ1n) is 9.57. The first kappa shape index (κ1) is 21.5. The van der Waals surface area contributed by atoms with Crippen LogP contribution < -0.4 is 20.1 Å². The van der Waals surface area contributed by atoms with Crippen molar-refractivity contribution in [2.24, 2.45) is 4.99 Å². The Morgan fingerprint density at radius 2 is 1.82 bits per heavy atom. The summed E-state index contributed by atoms with van der Waals surface area (Å²) in [5.41, 5.74) is 4.35. The van der Waals surface area contributed by atoms with Gasteiger partial charge in [0.15, 0.2) is 5.96 Å². The fourth-order valence-electron chi connectivity index (χ4n) is 3.14. The van der Waals surface area contributed by atoms with Crippen molar-refractivity contribution < 1.29 is 9.47 Å². The summed E-state index contributed by atoms with van der Waals surface area (Å²) in [4.78, 5) is 8.82. The van der Waals surface area contributed by atoms with Crippen LogP contribution in [0.15, 0.2) is 35.5 Å². The number of nitrogens with zero attached hydrogens (tertiary/aromatic N) is 2. The molecule has 1 unspecified atom stereocenters. The molecule has 6 heteroatoms. The van der Waals surface area contributed by atoms with Gasteiger partial charge in [-0.3, -0.25) is 9.98 Å². The Morgan fingerprint density at radius 3 is 2.43 bits per heavy atom. The van der Waals surface area contributed by atoms with Crippen molar-refractivity contribution in [2.45, 2.75) is 39.7 Å². The van der Waals surface area contributed by atoms with E-state index in [-0.39, 0.29) is 0 Å². The summed E-state index contributed by atoms with van der Waals surface area (Å²) in [6.07, 6.45) is 2.85. The van der Waals surface area contributed by atoms with E-state index >= 15 is 0 Å². The van der Waals surface area contributed by atoms with Gasteiger partial charge in [-0.1, -0.05) is 19.1 Å². The van der Waals surface area contributed by atoms with E-state index in [2.05, 4.69) is 39.7 Å². The average molecular weight is 385 g/mol. The van der Waals surface area contributed by atoms with Gasteiger partial charge in [0.1, 0.15) is 11.5 Å². The Bertz CT molecular complexity index is 788. The number of pyridine rings is 1. The van der Waals surface area contributed by atoms with E-state index < -0.39 is 0 Å². The fourth-order valence-corrected chi connectivity index (χ4v) is 3.14. The first-order valence-corrected chi connectivity index (χ1v) is 9.57. The van der Waals surface area contributed by atoms with Crippen molar-refractivity contribution in [3.8, 4) is 11.5 Å². The molecule has 1 heterocycles. The summed E-state index contributed by atoms with van der Waals surface area (Å²) in [5.74, 6) is 2.99. The van der Waals surface area contributed by atoms with E-state index in [0.717, 1.165) is 47.2 Å². The topological polar surface area (TPSA) is 67.8 Å². The quantitative estimate of drug-likeness (QED) is 0.538. The predicted molar refractivity (Wildman–Crippen MR) is 114 cm³/mol. The molecule has 0 radical (unpaired) electrons. The zero-order chi connectivity index (χ0) is 20.5. The highest BCUT2D eigenvalue weighted by atomic mass is 16.5. The van der Waals surface area contributed by atoms with Crippen LogP contribution in [0.25, 0.3) is 0 Å². The van der Waals surface area contributed by atoms with Gasteiger partial charge in [-0.2, -0.15) is 0 Å². The number of benzene rings is 1. The van der Waals surface area contributed by atoms with Gasteiger partial charge < -0.3 is 20.1 Å². The van der Waals surface area contributed by atoms with Crippen LogP contribution in [0, 0.1) is 13.8 Å². The Hall–Kier alpha value is -2.76. The van der Waals surface area contributed by atoms with Crippen LogP contribution in [0.1, 0.15) is 41.6 Å². The van der Waals surface area contributed by atoms with E-state index in [1.807, 2.05) is 32.2 Å². The third kappa shape index (κ3) is 5.62. The van der Waals surface area contributed by atoms with E-state index in [1.165, 1.54) is 5.56 Å². The first-order chi connectivity index (χ1) is 13.5. The smallest absolute Gasteiger partial charge is 0.191 e. The van der Waals surface area contributed by atoms with Crippen molar-refractivity contribution in [3.05, 3.63) is 52.8 Å². The van der Waals surface area contributed by atoms with E-state index in [4.69, 9.17) is 9.47 Å². The lowest BCUT2D eigenvalue weighted by atomic mass is 9.98. The molecule has 6 nitrogen and oxygen atoms in total. The number of ether oxygens (including phenoxy) is 2. The molecule has 2 rings (SSSR count). The standard InChI is InChI=1S/C22H32N4O2/c1-15(18-7-9-19(27-5)10-8-18)11-12-24-22(23-4)26-14-20-17(3)21(28-6)16(2)13-25-20/h7-10,13,15H,11-12,14H2,1-6H3,(H2,23,24,26). The van der Waals surface area contributed by atoms with Crippen LogP contribution >= 0.6 is 0 Å². The lowest BCUT2D eigenvalue weighted by Gasteiger charge is -2.17. The molecule has 1 atom stereocenters. The van der Waals surface area contributed by atoms with Gasteiger partial charge in [0, 0.05) is 30.9 Å². The zero-order valence-electron chi connectivity index (χ0n) is 17.8. The van der Waals surface area contributed by atoms with Crippen molar-refractivity contribution in [2.75, 3.05) is 27.8 Å². The molecule has 152 valence electrons. The Balaban J connectivity index is 1.84. The maximum atomic E-state index is 5.48. The lowest BCUT2D eigenvalue weighted by Crippen LogP contribution is -2.38. The summed E-state index contributed by atoms with van der Waals surface area (Å²) in [7, 11) is 5.15. The molecule has 2 N–H and O–H groups in total. The molecule has 0 aliphatic heterocycles. The van der Waals surface area contributed by atoms with Crippen molar-refractivity contribution in [1.29, 1.82) is 0 Å². The van der Waals surface area contributed by atoms with Gasteiger partial charge in [0.05, 0.1) is 26.5 Å². The number of hydrogen-bond donors (Lipinski definition) is 2. The molecular weight excluding hydrogens is 352 g/mol. The molecule has 0 saturated carbocycles. The molecule has 2 aromatic rings. The Morgan fingerprint density at radius 1 is 1.11 bits per heavy atom. The number of rotatable bonds is 8. The Labute approximate surface area is 168 Å². The minimum atomic E-state index is 0.446. The predicted octanol–water partition coefficient (Wildman–Crippen LogP) is 3.57. The molecule has 0 spiro atoms. The molecule has 0 aliphatic carbocycles. The third-order valence-electron chi connectivity index (χ3n) is 4.95. The minimum Gasteiger partial charge on any atom is -0.497 e. The average Bonchev–Trinajstić information content (AvgIpc) is 2.72. The molecule has 0 fully saturated rings. The van der Waals surface area contributed by atoms with Crippen LogP contribution in [-0.2, 0) is 6.54 Å². The van der Waals surface area contributed by atoms with Gasteiger partial charge in [-0.15, -0.1) is 0 Å². The summed E-state index contributed by atoms with van der Waals surface area (Å²) >= 11 is 0. The van der Waals surface area contributed by atoms with Crippen LogP contribution in [0.3, 0.4) is 0 Å². The number of methoxy groups -OCH3 is 2. The van der Waals surface area contributed by atoms with E-state index in [0.29, 0.717) is 12.5 Å². The molecule has 0 aliphatic rings.